The maximum absolute atomic E-state index is 4.57. The number of aromatic amines is 1. The molecule has 1 aliphatic heterocycles. The summed E-state index contributed by atoms with van der Waals surface area (Å²) in [5.41, 5.74) is 3.36. The van der Waals surface area contributed by atoms with Gasteiger partial charge >= 0.3 is 0 Å². The lowest BCUT2D eigenvalue weighted by atomic mass is 10.1. The van der Waals surface area contributed by atoms with Crippen molar-refractivity contribution in [3.8, 4) is 11.3 Å². The molecule has 0 amide bonds. The van der Waals surface area contributed by atoms with E-state index in [1.807, 2.05) is 44.7 Å². The minimum absolute atomic E-state index is 0. The minimum atomic E-state index is 0. The van der Waals surface area contributed by atoms with E-state index in [9.17, 15) is 0 Å². The fourth-order valence-corrected chi connectivity index (χ4v) is 3.94. The van der Waals surface area contributed by atoms with Crippen LogP contribution in [0, 0.1) is 0 Å². The van der Waals surface area contributed by atoms with Crippen LogP contribution in [0.5, 0.6) is 0 Å². The van der Waals surface area contributed by atoms with Crippen molar-refractivity contribution >= 4 is 35.8 Å². The van der Waals surface area contributed by atoms with Crippen LogP contribution in [-0.4, -0.2) is 53.0 Å². The van der Waals surface area contributed by atoms with Crippen LogP contribution in [0.25, 0.3) is 11.3 Å². The van der Waals surface area contributed by atoms with E-state index < -0.39 is 0 Å². The highest BCUT2D eigenvalue weighted by Crippen LogP contribution is 2.19. The van der Waals surface area contributed by atoms with Gasteiger partial charge in [-0.05, 0) is 42.5 Å². The molecule has 2 aromatic heterocycles. The molecular formula is C24H32IN7. The number of guanidine groups is 1. The van der Waals surface area contributed by atoms with E-state index in [0.717, 1.165) is 41.9 Å². The van der Waals surface area contributed by atoms with Crippen molar-refractivity contribution in [3.05, 3.63) is 66.2 Å². The maximum Gasteiger partial charge on any atom is 0.194 e. The quantitative estimate of drug-likeness (QED) is 0.275. The smallest absolute Gasteiger partial charge is 0.194 e. The van der Waals surface area contributed by atoms with Gasteiger partial charge in [0.05, 0.1) is 18.4 Å². The van der Waals surface area contributed by atoms with Crippen molar-refractivity contribution in [3.63, 3.8) is 0 Å². The second kappa shape index (κ2) is 11.8. The number of hydrogen-bond acceptors (Lipinski definition) is 4. The van der Waals surface area contributed by atoms with Crippen LogP contribution in [-0.2, 0) is 13.1 Å². The number of pyridine rings is 1. The molecule has 0 spiro atoms. The number of anilines is 1. The molecule has 0 aliphatic carbocycles. The van der Waals surface area contributed by atoms with Crippen LogP contribution >= 0.6 is 24.0 Å². The lowest BCUT2D eigenvalue weighted by Crippen LogP contribution is -2.38. The van der Waals surface area contributed by atoms with Crippen LogP contribution < -0.4 is 10.2 Å². The van der Waals surface area contributed by atoms with E-state index in [0.29, 0.717) is 13.1 Å². The molecule has 3 heterocycles. The minimum Gasteiger partial charge on any atom is -0.357 e. The first-order chi connectivity index (χ1) is 15.2. The van der Waals surface area contributed by atoms with Crippen molar-refractivity contribution in [1.82, 2.24) is 25.2 Å². The number of rotatable bonds is 6. The molecule has 7 nitrogen and oxygen atoms in total. The molecule has 0 saturated carbocycles. The third-order valence-electron chi connectivity index (χ3n) is 5.61. The molecule has 1 aliphatic rings. The predicted molar refractivity (Wildman–Crippen MR) is 141 cm³/mol. The van der Waals surface area contributed by atoms with E-state index in [-0.39, 0.29) is 24.0 Å². The van der Waals surface area contributed by atoms with E-state index in [1.165, 1.54) is 24.8 Å². The second-order valence-electron chi connectivity index (χ2n) is 7.94. The number of halogens is 1. The van der Waals surface area contributed by atoms with Crippen LogP contribution in [0.15, 0.2) is 59.9 Å². The molecular weight excluding hydrogens is 513 g/mol. The fraction of sp³-hybridized carbons (Fsp3) is 0.375. The lowest BCUT2D eigenvalue weighted by molar-refractivity contribution is 0.464. The van der Waals surface area contributed by atoms with Gasteiger partial charge in [-0.25, -0.2) is 9.97 Å². The predicted octanol–water partition coefficient (Wildman–Crippen LogP) is 4.29. The zero-order valence-corrected chi connectivity index (χ0v) is 21.1. The summed E-state index contributed by atoms with van der Waals surface area (Å²) in [6.45, 7) is 3.54. The summed E-state index contributed by atoms with van der Waals surface area (Å²) in [5.74, 6) is 2.81. The van der Waals surface area contributed by atoms with Crippen LogP contribution in [0.3, 0.4) is 0 Å². The summed E-state index contributed by atoms with van der Waals surface area (Å²) in [6.07, 6.45) is 7.61. The third kappa shape index (κ3) is 6.21. The van der Waals surface area contributed by atoms with Gasteiger partial charge in [0.25, 0.3) is 0 Å². The van der Waals surface area contributed by atoms with E-state index in [4.69, 9.17) is 0 Å². The van der Waals surface area contributed by atoms with Gasteiger partial charge in [-0.2, -0.15) is 0 Å². The molecule has 32 heavy (non-hydrogen) atoms. The number of H-pyrrole nitrogens is 1. The first-order valence-electron chi connectivity index (χ1n) is 10.9. The van der Waals surface area contributed by atoms with Gasteiger partial charge in [-0.3, -0.25) is 4.99 Å². The molecule has 0 atom stereocenters. The van der Waals surface area contributed by atoms with Crippen LogP contribution in [0.1, 0.15) is 30.7 Å². The number of nitrogens with zero attached hydrogens (tertiary/aromatic N) is 5. The Balaban J connectivity index is 0.00000289. The number of benzene rings is 1. The molecule has 8 heteroatoms. The first-order valence-corrected chi connectivity index (χ1v) is 10.9. The fourth-order valence-electron chi connectivity index (χ4n) is 3.94. The molecule has 0 bridgehead atoms. The monoisotopic (exact) mass is 545 g/mol. The Labute approximate surface area is 207 Å². The Kier molecular flexibility index (Phi) is 8.90. The standard InChI is InChI=1S/C24H31N7.HI/c1-25-24(28-16-19-11-12-26-23(15-19)31-13-7-4-8-14-31)30(2)18-22-27-17-21(29-22)20-9-5-3-6-10-20;/h3,5-6,9-12,15,17H,4,7-8,13-14,16,18H2,1-2H3,(H,25,28)(H,27,29);1H. The molecule has 3 aromatic rings. The molecule has 0 radical (unpaired) electrons. The number of nitrogens with one attached hydrogen (secondary N) is 2. The Morgan fingerprint density at radius 3 is 2.66 bits per heavy atom. The Morgan fingerprint density at radius 1 is 1.12 bits per heavy atom. The summed E-state index contributed by atoms with van der Waals surface area (Å²) in [4.78, 5) is 21.4. The van der Waals surface area contributed by atoms with Crippen molar-refractivity contribution in [2.45, 2.75) is 32.4 Å². The van der Waals surface area contributed by atoms with Crippen LogP contribution in [0.2, 0.25) is 0 Å². The van der Waals surface area contributed by atoms with Crippen molar-refractivity contribution in [1.29, 1.82) is 0 Å². The van der Waals surface area contributed by atoms with Crippen molar-refractivity contribution in [2.75, 3.05) is 32.1 Å². The van der Waals surface area contributed by atoms with E-state index in [1.54, 1.807) is 0 Å². The topological polar surface area (TPSA) is 72.4 Å². The molecule has 170 valence electrons. The summed E-state index contributed by atoms with van der Waals surface area (Å²) >= 11 is 0. The number of aromatic nitrogens is 3. The Hall–Kier alpha value is -2.62. The van der Waals surface area contributed by atoms with Gasteiger partial charge in [-0.1, -0.05) is 30.3 Å². The molecule has 4 rings (SSSR count). The summed E-state index contributed by atoms with van der Waals surface area (Å²) in [6, 6.07) is 14.5. The summed E-state index contributed by atoms with van der Waals surface area (Å²) < 4.78 is 0. The number of imidazole rings is 1. The summed E-state index contributed by atoms with van der Waals surface area (Å²) in [5, 5.41) is 3.46. The SMILES string of the molecule is CN=C(NCc1ccnc(N2CCCCC2)c1)N(C)Cc1ncc(-c2ccccc2)[nH]1.I. The van der Waals surface area contributed by atoms with Gasteiger partial charge < -0.3 is 20.1 Å². The van der Waals surface area contributed by atoms with Crippen molar-refractivity contribution < 1.29 is 0 Å². The highest BCUT2D eigenvalue weighted by Gasteiger charge is 2.13. The summed E-state index contributed by atoms with van der Waals surface area (Å²) in [7, 11) is 3.83. The lowest BCUT2D eigenvalue weighted by Gasteiger charge is -2.28. The molecule has 2 N–H and O–H groups in total. The average molecular weight is 545 g/mol. The zero-order valence-electron chi connectivity index (χ0n) is 18.8. The Morgan fingerprint density at radius 2 is 1.91 bits per heavy atom. The zero-order chi connectivity index (χ0) is 21.5. The van der Waals surface area contributed by atoms with Gasteiger partial charge in [0.1, 0.15) is 11.6 Å². The molecule has 1 fully saturated rings. The number of piperidine rings is 1. The molecule has 0 unspecified atom stereocenters. The molecule has 1 saturated heterocycles. The first kappa shape index (κ1) is 24.0. The van der Waals surface area contributed by atoms with E-state index >= 15 is 0 Å². The average Bonchev–Trinajstić information content (AvgIpc) is 3.29. The van der Waals surface area contributed by atoms with Gasteiger partial charge in [0, 0.05) is 39.9 Å². The van der Waals surface area contributed by atoms with Gasteiger partial charge in [0.2, 0.25) is 0 Å². The second-order valence-corrected chi connectivity index (χ2v) is 7.94. The van der Waals surface area contributed by atoms with Crippen molar-refractivity contribution in [2.24, 2.45) is 4.99 Å². The Bertz CT molecular complexity index is 996. The number of hydrogen-bond donors (Lipinski definition) is 2. The van der Waals surface area contributed by atoms with Gasteiger partial charge in [0.15, 0.2) is 5.96 Å². The maximum atomic E-state index is 4.57. The van der Waals surface area contributed by atoms with Gasteiger partial charge in [-0.15, -0.1) is 24.0 Å². The number of aliphatic imine (C=N–C) groups is 1. The molecule has 1 aromatic carbocycles. The largest absolute Gasteiger partial charge is 0.357 e. The normalized spacial score (nSPS) is 14.1. The highest BCUT2D eigenvalue weighted by atomic mass is 127. The van der Waals surface area contributed by atoms with Crippen LogP contribution in [0.4, 0.5) is 5.82 Å². The third-order valence-corrected chi connectivity index (χ3v) is 5.61. The highest BCUT2D eigenvalue weighted by molar-refractivity contribution is 14.0. The van der Waals surface area contributed by atoms with E-state index in [2.05, 4.69) is 59.3 Å².